The second-order valence-electron chi connectivity index (χ2n) is 7.08. The molecule has 1 fully saturated rings. The maximum atomic E-state index is 12.3. The van der Waals surface area contributed by atoms with Crippen LogP contribution in [0.5, 0.6) is 0 Å². The Morgan fingerprint density at radius 1 is 1.11 bits per heavy atom. The number of amides is 1. The van der Waals surface area contributed by atoms with E-state index in [1.807, 2.05) is 44.2 Å². The summed E-state index contributed by atoms with van der Waals surface area (Å²) in [5.41, 5.74) is 3.88. The Labute approximate surface area is 165 Å². The molecule has 6 nitrogen and oxygen atoms in total. The molecule has 28 heavy (non-hydrogen) atoms. The van der Waals surface area contributed by atoms with Gasteiger partial charge in [-0.2, -0.15) is 0 Å². The molecule has 1 aromatic carbocycles. The number of carbonyl (C=O) groups excluding carboxylic acids is 2. The van der Waals surface area contributed by atoms with E-state index in [2.05, 4.69) is 15.2 Å². The lowest BCUT2D eigenvalue weighted by atomic mass is 10.0. The zero-order valence-electron chi connectivity index (χ0n) is 16.5. The van der Waals surface area contributed by atoms with E-state index in [4.69, 9.17) is 4.74 Å². The first kappa shape index (κ1) is 20.0. The van der Waals surface area contributed by atoms with Gasteiger partial charge in [0.2, 0.25) is 5.91 Å². The summed E-state index contributed by atoms with van der Waals surface area (Å²) in [6.07, 6.45) is 2.15. The number of Topliss-reactive ketones (excluding diaryl/α,β-unsaturated/α-hetero) is 1. The van der Waals surface area contributed by atoms with Gasteiger partial charge in [-0.3, -0.25) is 9.59 Å². The van der Waals surface area contributed by atoms with Gasteiger partial charge >= 0.3 is 0 Å². The van der Waals surface area contributed by atoms with E-state index in [1.54, 1.807) is 6.20 Å². The van der Waals surface area contributed by atoms with E-state index in [-0.39, 0.29) is 24.5 Å². The number of morpholine rings is 1. The highest BCUT2D eigenvalue weighted by atomic mass is 16.5. The predicted molar refractivity (Wildman–Crippen MR) is 109 cm³/mol. The van der Waals surface area contributed by atoms with Crippen LogP contribution in [0.25, 0.3) is 0 Å². The molecule has 0 radical (unpaired) electrons. The van der Waals surface area contributed by atoms with Gasteiger partial charge in [-0.25, -0.2) is 4.98 Å². The summed E-state index contributed by atoms with van der Waals surface area (Å²) in [5.74, 6) is 0.750. The number of ether oxygens (including phenoxy) is 1. The van der Waals surface area contributed by atoms with E-state index >= 15 is 0 Å². The Morgan fingerprint density at radius 3 is 2.64 bits per heavy atom. The van der Waals surface area contributed by atoms with Crippen LogP contribution >= 0.6 is 0 Å². The maximum absolute atomic E-state index is 12.3. The molecule has 2 heterocycles. The summed E-state index contributed by atoms with van der Waals surface area (Å²) >= 11 is 0. The Bertz CT molecular complexity index is 845. The minimum absolute atomic E-state index is 0.00589. The topological polar surface area (TPSA) is 71.5 Å². The van der Waals surface area contributed by atoms with E-state index in [1.165, 1.54) is 0 Å². The fourth-order valence-electron chi connectivity index (χ4n) is 3.20. The van der Waals surface area contributed by atoms with E-state index < -0.39 is 0 Å². The second kappa shape index (κ2) is 9.46. The van der Waals surface area contributed by atoms with Crippen LogP contribution in [0.15, 0.2) is 36.5 Å². The van der Waals surface area contributed by atoms with E-state index in [0.29, 0.717) is 25.3 Å². The number of pyridine rings is 1. The molecule has 0 saturated carbocycles. The number of nitrogens with zero attached hydrogens (tertiary/aromatic N) is 2. The molecule has 1 aliphatic rings. The first-order valence-electron chi connectivity index (χ1n) is 9.68. The minimum Gasteiger partial charge on any atom is -0.378 e. The van der Waals surface area contributed by atoms with Crippen LogP contribution < -0.4 is 10.2 Å². The van der Waals surface area contributed by atoms with E-state index in [9.17, 15) is 9.59 Å². The largest absolute Gasteiger partial charge is 0.378 e. The van der Waals surface area contributed by atoms with Crippen LogP contribution in [0.4, 0.5) is 5.82 Å². The van der Waals surface area contributed by atoms with E-state index in [0.717, 1.165) is 35.6 Å². The van der Waals surface area contributed by atoms with Gasteiger partial charge < -0.3 is 15.0 Å². The fraction of sp³-hybridized carbons (Fsp3) is 0.409. The monoisotopic (exact) mass is 381 g/mol. The Balaban J connectivity index is 1.52. The summed E-state index contributed by atoms with van der Waals surface area (Å²) in [4.78, 5) is 31.2. The summed E-state index contributed by atoms with van der Waals surface area (Å²) in [6.45, 7) is 7.35. The van der Waals surface area contributed by atoms with Crippen molar-refractivity contribution in [1.82, 2.24) is 10.3 Å². The van der Waals surface area contributed by atoms with Crippen molar-refractivity contribution >= 4 is 17.5 Å². The molecule has 0 atom stereocenters. The molecular weight excluding hydrogens is 354 g/mol. The molecule has 1 N–H and O–H groups in total. The van der Waals surface area contributed by atoms with Crippen molar-refractivity contribution in [3.05, 3.63) is 58.8 Å². The van der Waals surface area contributed by atoms with Crippen LogP contribution in [0.3, 0.4) is 0 Å². The Kier molecular flexibility index (Phi) is 6.76. The molecule has 0 spiro atoms. The minimum atomic E-state index is -0.131. The van der Waals surface area contributed by atoms with Gasteiger partial charge in [-0.15, -0.1) is 0 Å². The number of carbonyl (C=O) groups is 2. The highest BCUT2D eigenvalue weighted by Crippen LogP contribution is 2.18. The third kappa shape index (κ3) is 5.16. The summed E-state index contributed by atoms with van der Waals surface area (Å²) in [5, 5.41) is 2.92. The number of anilines is 1. The number of aryl methyl sites for hydroxylation is 2. The molecule has 148 valence electrons. The normalized spacial score (nSPS) is 14.0. The van der Waals surface area contributed by atoms with Gasteiger partial charge in [-0.05, 0) is 37.1 Å². The van der Waals surface area contributed by atoms with Gasteiger partial charge in [0.15, 0.2) is 5.78 Å². The maximum Gasteiger partial charge on any atom is 0.220 e. The molecular formula is C22H27N3O3. The average Bonchev–Trinajstić information content (AvgIpc) is 2.73. The highest BCUT2D eigenvalue weighted by molar-refractivity contribution is 5.98. The van der Waals surface area contributed by atoms with Gasteiger partial charge in [0, 0.05) is 49.8 Å². The lowest BCUT2D eigenvalue weighted by Crippen LogP contribution is -2.37. The van der Waals surface area contributed by atoms with Crippen LogP contribution in [-0.2, 0) is 16.1 Å². The molecule has 0 aliphatic carbocycles. The van der Waals surface area contributed by atoms with Crippen LogP contribution in [0.2, 0.25) is 0 Å². The quantitative estimate of drug-likeness (QED) is 0.747. The summed E-state index contributed by atoms with van der Waals surface area (Å²) in [7, 11) is 0. The molecule has 1 saturated heterocycles. The van der Waals surface area contributed by atoms with Crippen LogP contribution in [0.1, 0.15) is 39.9 Å². The smallest absolute Gasteiger partial charge is 0.220 e. The molecule has 1 aromatic heterocycles. The number of nitrogens with one attached hydrogen (secondary N) is 1. The number of ketones is 1. The zero-order valence-corrected chi connectivity index (χ0v) is 16.5. The van der Waals surface area contributed by atoms with Crippen molar-refractivity contribution < 1.29 is 14.3 Å². The van der Waals surface area contributed by atoms with Gasteiger partial charge in [-0.1, -0.05) is 18.2 Å². The SMILES string of the molecule is Cc1ccc(C(=O)CCC(=O)NCc2cccnc2N2CCOCC2)cc1C. The average molecular weight is 381 g/mol. The second-order valence-corrected chi connectivity index (χ2v) is 7.08. The van der Waals surface area contributed by atoms with Gasteiger partial charge in [0.05, 0.1) is 13.2 Å². The first-order chi connectivity index (χ1) is 13.5. The van der Waals surface area contributed by atoms with Gasteiger partial charge in [0.1, 0.15) is 5.82 Å². The standard InChI is InChI=1S/C22H27N3O3/c1-16-5-6-18(14-17(16)2)20(26)7-8-21(27)24-15-19-4-3-9-23-22(19)25-10-12-28-13-11-25/h3-6,9,14H,7-8,10-13,15H2,1-2H3,(H,24,27). The van der Waals surface area contributed by atoms with Crippen molar-refractivity contribution in [3.8, 4) is 0 Å². The molecule has 1 amide bonds. The van der Waals surface area contributed by atoms with Crippen LogP contribution in [0, 0.1) is 13.8 Å². The van der Waals surface area contributed by atoms with Crippen LogP contribution in [-0.4, -0.2) is 43.0 Å². The fourth-order valence-corrected chi connectivity index (χ4v) is 3.20. The molecule has 6 heteroatoms. The Morgan fingerprint density at radius 2 is 1.89 bits per heavy atom. The lowest BCUT2D eigenvalue weighted by Gasteiger charge is -2.29. The summed E-state index contributed by atoms with van der Waals surface area (Å²) < 4.78 is 5.39. The highest BCUT2D eigenvalue weighted by Gasteiger charge is 2.16. The van der Waals surface area contributed by atoms with Crippen molar-refractivity contribution in [2.24, 2.45) is 0 Å². The number of aromatic nitrogens is 1. The zero-order chi connectivity index (χ0) is 19.9. The third-order valence-corrected chi connectivity index (χ3v) is 5.06. The molecule has 3 rings (SSSR count). The van der Waals surface area contributed by atoms with Gasteiger partial charge in [0.25, 0.3) is 0 Å². The number of rotatable bonds is 7. The molecule has 2 aromatic rings. The first-order valence-corrected chi connectivity index (χ1v) is 9.68. The summed E-state index contributed by atoms with van der Waals surface area (Å²) in [6, 6.07) is 9.50. The number of hydrogen-bond acceptors (Lipinski definition) is 5. The van der Waals surface area contributed by atoms with Crippen molar-refractivity contribution in [2.45, 2.75) is 33.2 Å². The lowest BCUT2D eigenvalue weighted by molar-refractivity contribution is -0.121. The Hall–Kier alpha value is -2.73. The van der Waals surface area contributed by atoms with Crippen molar-refractivity contribution in [2.75, 3.05) is 31.2 Å². The number of hydrogen-bond donors (Lipinski definition) is 1. The molecule has 0 unspecified atom stereocenters. The number of benzene rings is 1. The molecule has 1 aliphatic heterocycles. The van der Waals surface area contributed by atoms with Crippen molar-refractivity contribution in [3.63, 3.8) is 0 Å². The van der Waals surface area contributed by atoms with Crippen molar-refractivity contribution in [1.29, 1.82) is 0 Å². The third-order valence-electron chi connectivity index (χ3n) is 5.06. The predicted octanol–water partition coefficient (Wildman–Crippen LogP) is 2.81. The molecule has 0 bridgehead atoms.